The summed E-state index contributed by atoms with van der Waals surface area (Å²) in [7, 11) is 0. The minimum Gasteiger partial charge on any atom is -0.494 e. The Labute approximate surface area is 136 Å². The number of hydrogen-bond acceptors (Lipinski definition) is 2. The van der Waals surface area contributed by atoms with Crippen LogP contribution in [-0.2, 0) is 6.54 Å². The summed E-state index contributed by atoms with van der Waals surface area (Å²) in [5.74, 6) is 0.895. The van der Waals surface area contributed by atoms with Gasteiger partial charge >= 0.3 is 0 Å². The van der Waals surface area contributed by atoms with Gasteiger partial charge < -0.3 is 10.1 Å². The van der Waals surface area contributed by atoms with Crippen LogP contribution >= 0.6 is 23.2 Å². The van der Waals surface area contributed by atoms with E-state index < -0.39 is 0 Å². The fraction of sp³-hybridized carbons (Fsp3) is 0.294. The Morgan fingerprint density at radius 2 is 1.81 bits per heavy atom. The van der Waals surface area contributed by atoms with Gasteiger partial charge in [-0.2, -0.15) is 0 Å². The second kappa shape index (κ2) is 7.69. The standard InChI is InChI=1S/C17H19Cl2NO/c1-3-21-15-9-7-13(8-10-15)12(2)20-11-14-5-4-6-16(18)17(14)19/h4-10,12,20H,3,11H2,1-2H3. The molecule has 0 aliphatic rings. The van der Waals surface area contributed by atoms with E-state index in [4.69, 9.17) is 27.9 Å². The molecule has 0 radical (unpaired) electrons. The highest BCUT2D eigenvalue weighted by atomic mass is 35.5. The summed E-state index contributed by atoms with van der Waals surface area (Å²) in [5, 5.41) is 4.65. The normalized spacial score (nSPS) is 12.2. The molecule has 4 heteroatoms. The number of nitrogens with one attached hydrogen (secondary N) is 1. The van der Waals surface area contributed by atoms with Gasteiger partial charge in [0.2, 0.25) is 0 Å². The minimum atomic E-state index is 0.218. The van der Waals surface area contributed by atoms with Crippen LogP contribution in [0.25, 0.3) is 0 Å². The highest BCUT2D eigenvalue weighted by Crippen LogP contribution is 2.26. The van der Waals surface area contributed by atoms with Crippen molar-refractivity contribution in [2.45, 2.75) is 26.4 Å². The Bertz CT molecular complexity index is 584. The van der Waals surface area contributed by atoms with Gasteiger partial charge in [0.1, 0.15) is 5.75 Å². The maximum absolute atomic E-state index is 6.19. The summed E-state index contributed by atoms with van der Waals surface area (Å²) in [6, 6.07) is 14.0. The molecule has 112 valence electrons. The van der Waals surface area contributed by atoms with E-state index >= 15 is 0 Å². The van der Waals surface area contributed by atoms with Gasteiger partial charge in [-0.3, -0.25) is 0 Å². The van der Waals surface area contributed by atoms with E-state index in [0.717, 1.165) is 11.3 Å². The van der Waals surface area contributed by atoms with Crippen molar-refractivity contribution in [3.63, 3.8) is 0 Å². The largest absolute Gasteiger partial charge is 0.494 e. The van der Waals surface area contributed by atoms with Gasteiger partial charge in [-0.1, -0.05) is 47.5 Å². The molecule has 2 aromatic rings. The van der Waals surface area contributed by atoms with Crippen molar-refractivity contribution >= 4 is 23.2 Å². The molecule has 21 heavy (non-hydrogen) atoms. The molecule has 0 fully saturated rings. The van der Waals surface area contributed by atoms with E-state index in [0.29, 0.717) is 23.2 Å². The number of halogens is 2. The van der Waals surface area contributed by atoms with E-state index in [2.05, 4.69) is 24.4 Å². The summed E-state index contributed by atoms with van der Waals surface area (Å²) in [6.45, 7) is 5.45. The van der Waals surface area contributed by atoms with Gasteiger partial charge in [-0.25, -0.2) is 0 Å². The topological polar surface area (TPSA) is 21.3 Å². The molecule has 2 rings (SSSR count). The third-order valence-corrected chi connectivity index (χ3v) is 4.18. The van der Waals surface area contributed by atoms with Gasteiger partial charge in [-0.15, -0.1) is 0 Å². The maximum atomic E-state index is 6.19. The lowest BCUT2D eigenvalue weighted by molar-refractivity contribution is 0.340. The number of benzene rings is 2. The summed E-state index contributed by atoms with van der Waals surface area (Å²) in [4.78, 5) is 0. The highest BCUT2D eigenvalue weighted by Gasteiger charge is 2.08. The monoisotopic (exact) mass is 323 g/mol. The molecule has 1 unspecified atom stereocenters. The zero-order valence-electron chi connectivity index (χ0n) is 12.2. The van der Waals surface area contributed by atoms with Crippen LogP contribution in [0.4, 0.5) is 0 Å². The van der Waals surface area contributed by atoms with Gasteiger partial charge in [0.15, 0.2) is 0 Å². The van der Waals surface area contributed by atoms with Gasteiger partial charge in [-0.05, 0) is 43.2 Å². The second-order valence-corrected chi connectivity index (χ2v) is 5.60. The highest BCUT2D eigenvalue weighted by molar-refractivity contribution is 6.42. The van der Waals surface area contributed by atoms with Gasteiger partial charge in [0.25, 0.3) is 0 Å². The molecule has 1 atom stereocenters. The molecule has 0 bridgehead atoms. The fourth-order valence-electron chi connectivity index (χ4n) is 2.09. The maximum Gasteiger partial charge on any atom is 0.119 e. The molecule has 2 nitrogen and oxygen atoms in total. The van der Waals surface area contributed by atoms with Crippen molar-refractivity contribution in [3.05, 3.63) is 63.6 Å². The Kier molecular flexibility index (Phi) is 5.92. The van der Waals surface area contributed by atoms with Crippen LogP contribution < -0.4 is 10.1 Å². The lowest BCUT2D eigenvalue weighted by Gasteiger charge is -2.16. The summed E-state index contributed by atoms with van der Waals surface area (Å²) < 4.78 is 5.45. The Hall–Kier alpha value is -1.22. The molecule has 0 heterocycles. The summed E-state index contributed by atoms with van der Waals surface area (Å²) in [6.07, 6.45) is 0. The minimum absolute atomic E-state index is 0.218. The van der Waals surface area contributed by atoms with E-state index in [1.165, 1.54) is 5.56 Å². The average Bonchev–Trinajstić information content (AvgIpc) is 2.49. The van der Waals surface area contributed by atoms with E-state index in [-0.39, 0.29) is 6.04 Å². The van der Waals surface area contributed by atoms with Crippen molar-refractivity contribution in [2.75, 3.05) is 6.61 Å². The van der Waals surface area contributed by atoms with Crippen molar-refractivity contribution in [1.82, 2.24) is 5.32 Å². The number of hydrogen-bond donors (Lipinski definition) is 1. The molecular weight excluding hydrogens is 305 g/mol. The van der Waals surface area contributed by atoms with Crippen molar-refractivity contribution < 1.29 is 4.74 Å². The van der Waals surface area contributed by atoms with Gasteiger partial charge in [0, 0.05) is 12.6 Å². The summed E-state index contributed by atoms with van der Waals surface area (Å²) >= 11 is 12.2. The molecule has 0 spiro atoms. The van der Waals surface area contributed by atoms with Gasteiger partial charge in [0.05, 0.1) is 16.7 Å². The first kappa shape index (κ1) is 16.2. The lowest BCUT2D eigenvalue weighted by atomic mass is 10.1. The zero-order valence-corrected chi connectivity index (χ0v) is 13.7. The first-order valence-electron chi connectivity index (χ1n) is 7.01. The van der Waals surface area contributed by atoms with Crippen molar-refractivity contribution in [3.8, 4) is 5.75 Å². The van der Waals surface area contributed by atoms with E-state index in [1.807, 2.05) is 31.2 Å². The fourth-order valence-corrected chi connectivity index (χ4v) is 2.47. The van der Waals surface area contributed by atoms with Crippen LogP contribution in [0, 0.1) is 0 Å². The van der Waals surface area contributed by atoms with Crippen LogP contribution in [0.5, 0.6) is 5.75 Å². The van der Waals surface area contributed by atoms with Crippen LogP contribution in [0.15, 0.2) is 42.5 Å². The predicted octanol–water partition coefficient (Wildman–Crippen LogP) is 5.24. The first-order valence-corrected chi connectivity index (χ1v) is 7.76. The molecule has 2 aromatic carbocycles. The lowest BCUT2D eigenvalue weighted by Crippen LogP contribution is -2.18. The second-order valence-electron chi connectivity index (χ2n) is 4.82. The molecule has 0 saturated heterocycles. The third-order valence-electron chi connectivity index (χ3n) is 3.32. The molecular formula is C17H19Cl2NO. The molecule has 1 N–H and O–H groups in total. The third kappa shape index (κ3) is 4.37. The molecule has 0 saturated carbocycles. The predicted molar refractivity (Wildman–Crippen MR) is 89.3 cm³/mol. The first-order chi connectivity index (χ1) is 10.1. The van der Waals surface area contributed by atoms with Crippen LogP contribution in [0.3, 0.4) is 0 Å². The SMILES string of the molecule is CCOc1ccc(C(C)NCc2cccc(Cl)c2Cl)cc1. The smallest absolute Gasteiger partial charge is 0.119 e. The van der Waals surface area contributed by atoms with Crippen LogP contribution in [0.2, 0.25) is 10.0 Å². The molecule has 0 aliphatic heterocycles. The average molecular weight is 324 g/mol. The van der Waals surface area contributed by atoms with Crippen LogP contribution in [-0.4, -0.2) is 6.61 Å². The quantitative estimate of drug-likeness (QED) is 0.784. The van der Waals surface area contributed by atoms with Crippen molar-refractivity contribution in [1.29, 1.82) is 0 Å². The zero-order chi connectivity index (χ0) is 15.2. The number of ether oxygens (including phenoxy) is 1. The molecule has 0 aromatic heterocycles. The number of rotatable bonds is 6. The molecule has 0 aliphatic carbocycles. The Morgan fingerprint density at radius 1 is 1.10 bits per heavy atom. The Balaban J connectivity index is 1.98. The Morgan fingerprint density at radius 3 is 2.48 bits per heavy atom. The van der Waals surface area contributed by atoms with E-state index in [1.54, 1.807) is 6.07 Å². The van der Waals surface area contributed by atoms with Crippen molar-refractivity contribution in [2.24, 2.45) is 0 Å². The summed E-state index contributed by atoms with van der Waals surface area (Å²) in [5.41, 5.74) is 2.21. The van der Waals surface area contributed by atoms with E-state index in [9.17, 15) is 0 Å². The molecule has 0 amide bonds. The van der Waals surface area contributed by atoms with Crippen LogP contribution in [0.1, 0.15) is 31.0 Å².